The van der Waals surface area contributed by atoms with E-state index >= 15 is 0 Å². The number of carbonyl (C=O) groups is 1. The molecule has 2 heterocycles. The fraction of sp³-hybridized carbons (Fsp3) is 0.667. The van der Waals surface area contributed by atoms with E-state index in [1.807, 2.05) is 6.07 Å². The molecule has 0 aliphatic carbocycles. The van der Waals surface area contributed by atoms with E-state index in [0.717, 1.165) is 29.1 Å². The number of aromatic nitrogens is 2. The number of nitrogens with one attached hydrogen (secondary N) is 1. The number of hydrogen-bond donors (Lipinski definition) is 1. The minimum absolute atomic E-state index is 0.103. The summed E-state index contributed by atoms with van der Waals surface area (Å²) in [6, 6.07) is 1.92. The fourth-order valence-corrected chi connectivity index (χ4v) is 2.70. The number of amides is 1. The molecule has 0 saturated carbocycles. The lowest BCUT2D eigenvalue weighted by molar-refractivity contribution is -0.132. The molecular weight excluding hydrogens is 280 g/mol. The number of sulfonamides is 1. The Kier molecular flexibility index (Phi) is 4.44. The van der Waals surface area contributed by atoms with Gasteiger partial charge in [0.15, 0.2) is 0 Å². The fourth-order valence-electron chi connectivity index (χ4n) is 2.36. The monoisotopic (exact) mass is 300 g/mol. The Labute approximate surface area is 119 Å². The highest BCUT2D eigenvalue weighted by Gasteiger charge is 2.27. The van der Waals surface area contributed by atoms with Gasteiger partial charge in [-0.25, -0.2) is 8.42 Å². The summed E-state index contributed by atoms with van der Waals surface area (Å²) >= 11 is 0. The molecule has 1 saturated heterocycles. The van der Waals surface area contributed by atoms with Crippen molar-refractivity contribution in [1.82, 2.24) is 19.4 Å². The Morgan fingerprint density at radius 3 is 2.95 bits per heavy atom. The first-order valence-electron chi connectivity index (χ1n) is 6.56. The Morgan fingerprint density at radius 2 is 2.35 bits per heavy atom. The van der Waals surface area contributed by atoms with Gasteiger partial charge in [-0.3, -0.25) is 9.89 Å². The molecule has 1 amide bonds. The maximum absolute atomic E-state index is 12.2. The SMILES string of the molecule is CN(CC(=O)N1CCC[C@H](c2ccn[nH]2)C1)S(C)(=O)=O. The van der Waals surface area contributed by atoms with Gasteiger partial charge in [0.2, 0.25) is 15.9 Å². The predicted octanol–water partition coefficient (Wildman–Crippen LogP) is 0.00710. The highest BCUT2D eigenvalue weighted by molar-refractivity contribution is 7.88. The maximum Gasteiger partial charge on any atom is 0.237 e. The van der Waals surface area contributed by atoms with Crippen LogP contribution < -0.4 is 0 Å². The van der Waals surface area contributed by atoms with Crippen LogP contribution in [0.1, 0.15) is 24.5 Å². The van der Waals surface area contributed by atoms with E-state index in [-0.39, 0.29) is 18.4 Å². The zero-order valence-electron chi connectivity index (χ0n) is 11.7. The van der Waals surface area contributed by atoms with Crippen molar-refractivity contribution in [2.45, 2.75) is 18.8 Å². The smallest absolute Gasteiger partial charge is 0.237 e. The van der Waals surface area contributed by atoms with E-state index in [1.54, 1.807) is 11.1 Å². The van der Waals surface area contributed by atoms with E-state index < -0.39 is 10.0 Å². The molecule has 1 atom stereocenters. The number of piperidine rings is 1. The first kappa shape index (κ1) is 15.0. The molecule has 1 aromatic rings. The van der Waals surface area contributed by atoms with Crippen LogP contribution in [0.4, 0.5) is 0 Å². The van der Waals surface area contributed by atoms with Gasteiger partial charge in [0.25, 0.3) is 0 Å². The molecule has 0 aromatic carbocycles. The third kappa shape index (κ3) is 3.57. The largest absolute Gasteiger partial charge is 0.341 e. The van der Waals surface area contributed by atoms with Crippen LogP contribution in [0, 0.1) is 0 Å². The van der Waals surface area contributed by atoms with Gasteiger partial charge in [-0.2, -0.15) is 9.40 Å². The Morgan fingerprint density at radius 1 is 1.60 bits per heavy atom. The normalized spacial score (nSPS) is 20.4. The molecule has 0 radical (unpaired) electrons. The number of rotatable bonds is 4. The average molecular weight is 300 g/mol. The molecule has 1 aromatic heterocycles. The number of aromatic amines is 1. The highest BCUT2D eigenvalue weighted by atomic mass is 32.2. The number of nitrogens with zero attached hydrogens (tertiary/aromatic N) is 3. The molecule has 7 nitrogen and oxygen atoms in total. The molecule has 112 valence electrons. The van der Waals surface area contributed by atoms with Crippen molar-refractivity contribution in [2.24, 2.45) is 0 Å². The van der Waals surface area contributed by atoms with E-state index in [9.17, 15) is 13.2 Å². The summed E-state index contributed by atoms with van der Waals surface area (Å²) in [5.74, 6) is 0.0980. The minimum Gasteiger partial charge on any atom is -0.341 e. The second-order valence-electron chi connectivity index (χ2n) is 5.21. The zero-order chi connectivity index (χ0) is 14.8. The summed E-state index contributed by atoms with van der Waals surface area (Å²) in [6.45, 7) is 1.19. The van der Waals surface area contributed by atoms with Crippen LogP contribution in [0.5, 0.6) is 0 Å². The van der Waals surface area contributed by atoms with Gasteiger partial charge in [0.05, 0.1) is 12.8 Å². The summed E-state index contributed by atoms with van der Waals surface area (Å²) in [7, 11) is -1.90. The van der Waals surface area contributed by atoms with Crippen LogP contribution in [0.25, 0.3) is 0 Å². The van der Waals surface area contributed by atoms with E-state index in [2.05, 4.69) is 10.2 Å². The Bertz CT molecular complexity index is 555. The van der Waals surface area contributed by atoms with Crippen molar-refractivity contribution in [3.8, 4) is 0 Å². The summed E-state index contributed by atoms with van der Waals surface area (Å²) in [6.07, 6.45) is 4.73. The van der Waals surface area contributed by atoms with Crippen molar-refractivity contribution in [2.75, 3.05) is 32.9 Å². The lowest BCUT2D eigenvalue weighted by Crippen LogP contribution is -2.44. The van der Waals surface area contributed by atoms with Crippen LogP contribution in [0.3, 0.4) is 0 Å². The molecule has 1 aliphatic rings. The van der Waals surface area contributed by atoms with Gasteiger partial charge in [0, 0.05) is 37.9 Å². The van der Waals surface area contributed by atoms with E-state index in [4.69, 9.17) is 0 Å². The van der Waals surface area contributed by atoms with Crippen LogP contribution in [-0.4, -0.2) is 66.7 Å². The lowest BCUT2D eigenvalue weighted by atomic mass is 9.95. The molecule has 1 fully saturated rings. The van der Waals surface area contributed by atoms with Gasteiger partial charge < -0.3 is 4.90 Å². The first-order valence-corrected chi connectivity index (χ1v) is 8.41. The van der Waals surface area contributed by atoms with Gasteiger partial charge in [-0.05, 0) is 18.9 Å². The van der Waals surface area contributed by atoms with E-state index in [1.165, 1.54) is 7.05 Å². The summed E-state index contributed by atoms with van der Waals surface area (Å²) in [5, 5.41) is 6.87. The molecule has 1 N–H and O–H groups in total. The summed E-state index contributed by atoms with van der Waals surface area (Å²) in [5.41, 5.74) is 1.03. The van der Waals surface area contributed by atoms with Gasteiger partial charge in [0.1, 0.15) is 0 Å². The predicted molar refractivity (Wildman–Crippen MR) is 74.6 cm³/mol. The molecular formula is C12H20N4O3S. The quantitative estimate of drug-likeness (QED) is 0.848. The molecule has 0 unspecified atom stereocenters. The van der Waals surface area contributed by atoms with Crippen molar-refractivity contribution in [3.63, 3.8) is 0 Å². The maximum atomic E-state index is 12.2. The van der Waals surface area contributed by atoms with Crippen molar-refractivity contribution >= 4 is 15.9 Å². The van der Waals surface area contributed by atoms with Crippen LogP contribution >= 0.6 is 0 Å². The number of likely N-dealkylation sites (tertiary alicyclic amines) is 1. The number of hydrogen-bond acceptors (Lipinski definition) is 4. The average Bonchev–Trinajstić information content (AvgIpc) is 2.91. The molecule has 0 bridgehead atoms. The number of H-pyrrole nitrogens is 1. The molecule has 0 spiro atoms. The third-order valence-corrected chi connectivity index (χ3v) is 4.92. The van der Waals surface area contributed by atoms with Gasteiger partial charge >= 0.3 is 0 Å². The van der Waals surface area contributed by atoms with Gasteiger partial charge in [-0.1, -0.05) is 0 Å². The molecule has 20 heavy (non-hydrogen) atoms. The van der Waals surface area contributed by atoms with E-state index in [0.29, 0.717) is 13.1 Å². The lowest BCUT2D eigenvalue weighted by Gasteiger charge is -2.33. The van der Waals surface area contributed by atoms with Gasteiger partial charge in [-0.15, -0.1) is 0 Å². The summed E-state index contributed by atoms with van der Waals surface area (Å²) in [4.78, 5) is 13.9. The number of likely N-dealkylation sites (N-methyl/N-ethyl adjacent to an activating group) is 1. The first-order chi connectivity index (χ1) is 9.38. The van der Waals surface area contributed by atoms with Crippen LogP contribution in [0.15, 0.2) is 12.3 Å². The van der Waals surface area contributed by atoms with Crippen LogP contribution in [-0.2, 0) is 14.8 Å². The third-order valence-electron chi connectivity index (χ3n) is 3.66. The number of carbonyl (C=O) groups excluding carboxylic acids is 1. The van der Waals surface area contributed by atoms with Crippen LogP contribution in [0.2, 0.25) is 0 Å². The standard InChI is InChI=1S/C12H20N4O3S/c1-15(20(2,18)19)9-12(17)16-7-3-4-10(8-16)11-5-6-13-14-11/h5-6,10H,3-4,7-9H2,1-2H3,(H,13,14)/t10-/m0/s1. The second-order valence-corrected chi connectivity index (χ2v) is 7.30. The molecule has 1 aliphatic heterocycles. The Balaban J connectivity index is 1.97. The molecule has 2 rings (SSSR count). The molecule has 8 heteroatoms. The second kappa shape index (κ2) is 5.92. The zero-order valence-corrected chi connectivity index (χ0v) is 12.6. The highest BCUT2D eigenvalue weighted by Crippen LogP contribution is 2.25. The van der Waals surface area contributed by atoms with Crippen molar-refractivity contribution < 1.29 is 13.2 Å². The van der Waals surface area contributed by atoms with Crippen molar-refractivity contribution in [3.05, 3.63) is 18.0 Å². The van der Waals surface area contributed by atoms with Crippen molar-refractivity contribution in [1.29, 1.82) is 0 Å². The summed E-state index contributed by atoms with van der Waals surface area (Å²) < 4.78 is 23.8. The topological polar surface area (TPSA) is 86.4 Å². The minimum atomic E-state index is -3.32. The Hall–Kier alpha value is -1.41.